The summed E-state index contributed by atoms with van der Waals surface area (Å²) in [4.78, 5) is 0. The smallest absolute Gasteiger partial charge is 0.00190 e. The fraction of sp³-hybridized carbons (Fsp3) is 0.455. The Hall–Kier alpha value is -0.820. The molecule has 1 aromatic rings. The van der Waals surface area contributed by atoms with Gasteiger partial charge >= 0.3 is 0 Å². The third kappa shape index (κ3) is 1.86. The Morgan fingerprint density at radius 3 is 2.08 bits per heavy atom. The van der Waals surface area contributed by atoms with Gasteiger partial charge in [-0.15, -0.1) is 0 Å². The van der Waals surface area contributed by atoms with E-state index in [-0.39, 0.29) is 5.41 Å². The molecule has 1 nitrogen and oxygen atoms in total. The lowest BCUT2D eigenvalue weighted by Crippen LogP contribution is -2.27. The third-order valence-corrected chi connectivity index (χ3v) is 2.34. The molecule has 12 heavy (non-hydrogen) atoms. The number of aryl methyl sites for hydroxylation is 1. The molecule has 0 spiro atoms. The number of benzene rings is 1. The molecular weight excluding hydrogens is 146 g/mol. The molecule has 0 aliphatic rings. The van der Waals surface area contributed by atoms with Crippen molar-refractivity contribution in [1.82, 2.24) is 0 Å². The third-order valence-electron chi connectivity index (χ3n) is 2.34. The van der Waals surface area contributed by atoms with Crippen molar-refractivity contribution in [2.75, 3.05) is 6.54 Å². The Morgan fingerprint density at radius 2 is 1.67 bits per heavy atom. The van der Waals surface area contributed by atoms with Crippen molar-refractivity contribution in [3.63, 3.8) is 0 Å². The van der Waals surface area contributed by atoms with Crippen LogP contribution in [0.5, 0.6) is 0 Å². The highest BCUT2D eigenvalue weighted by Gasteiger charge is 2.17. The van der Waals surface area contributed by atoms with Crippen LogP contribution in [0.1, 0.15) is 25.0 Å². The SMILES string of the molecule is Cc1ccc(C(C)(C)CN)cc1. The Bertz CT molecular complexity index is 246. The minimum atomic E-state index is 0.105. The molecule has 0 aliphatic heterocycles. The Kier molecular flexibility index (Phi) is 2.53. The monoisotopic (exact) mass is 163 g/mol. The average Bonchev–Trinajstić information content (AvgIpc) is 2.05. The van der Waals surface area contributed by atoms with Crippen molar-refractivity contribution in [2.24, 2.45) is 5.73 Å². The predicted octanol–water partition coefficient (Wildman–Crippen LogP) is 2.23. The van der Waals surface area contributed by atoms with Crippen molar-refractivity contribution in [2.45, 2.75) is 26.2 Å². The lowest BCUT2D eigenvalue weighted by atomic mass is 9.84. The molecule has 1 heteroatoms. The van der Waals surface area contributed by atoms with E-state index in [0.29, 0.717) is 6.54 Å². The molecule has 0 radical (unpaired) electrons. The van der Waals surface area contributed by atoms with E-state index in [1.165, 1.54) is 11.1 Å². The van der Waals surface area contributed by atoms with Gasteiger partial charge in [0.25, 0.3) is 0 Å². The fourth-order valence-electron chi connectivity index (χ4n) is 1.12. The van der Waals surface area contributed by atoms with Gasteiger partial charge in [0.15, 0.2) is 0 Å². The number of hydrogen-bond acceptors (Lipinski definition) is 1. The summed E-state index contributed by atoms with van der Waals surface area (Å²) in [5.41, 5.74) is 8.39. The fourth-order valence-corrected chi connectivity index (χ4v) is 1.12. The second-order valence-corrected chi connectivity index (χ2v) is 3.95. The van der Waals surface area contributed by atoms with Crippen LogP contribution < -0.4 is 5.73 Å². The first-order valence-electron chi connectivity index (χ1n) is 4.33. The van der Waals surface area contributed by atoms with Gasteiger partial charge in [0.05, 0.1) is 0 Å². The first-order chi connectivity index (χ1) is 5.56. The molecule has 0 unspecified atom stereocenters. The summed E-state index contributed by atoms with van der Waals surface area (Å²) in [5.74, 6) is 0. The molecule has 0 amide bonds. The van der Waals surface area contributed by atoms with Crippen LogP contribution in [0.25, 0.3) is 0 Å². The van der Waals surface area contributed by atoms with Gasteiger partial charge < -0.3 is 5.73 Å². The lowest BCUT2D eigenvalue weighted by Gasteiger charge is -2.22. The molecule has 0 fully saturated rings. The molecule has 0 aliphatic carbocycles. The summed E-state index contributed by atoms with van der Waals surface area (Å²) in [7, 11) is 0. The maximum atomic E-state index is 5.68. The summed E-state index contributed by atoms with van der Waals surface area (Å²) in [6.45, 7) is 7.12. The first kappa shape index (κ1) is 9.27. The predicted molar refractivity (Wildman–Crippen MR) is 53.3 cm³/mol. The maximum absolute atomic E-state index is 5.68. The van der Waals surface area contributed by atoms with E-state index >= 15 is 0 Å². The van der Waals surface area contributed by atoms with E-state index in [1.807, 2.05) is 0 Å². The van der Waals surface area contributed by atoms with E-state index in [9.17, 15) is 0 Å². The lowest BCUT2D eigenvalue weighted by molar-refractivity contribution is 0.539. The molecule has 66 valence electrons. The highest BCUT2D eigenvalue weighted by molar-refractivity contribution is 5.27. The van der Waals surface area contributed by atoms with Gasteiger partial charge in [-0.2, -0.15) is 0 Å². The standard InChI is InChI=1S/C11H17N/c1-9-4-6-10(7-5-9)11(2,3)8-12/h4-7H,8,12H2,1-3H3. The summed E-state index contributed by atoms with van der Waals surface area (Å²) in [5, 5.41) is 0. The van der Waals surface area contributed by atoms with E-state index in [1.54, 1.807) is 0 Å². The van der Waals surface area contributed by atoms with Crippen LogP contribution in [-0.4, -0.2) is 6.54 Å². The van der Waals surface area contributed by atoms with Crippen molar-refractivity contribution in [3.05, 3.63) is 35.4 Å². The van der Waals surface area contributed by atoms with Gasteiger partial charge in [-0.3, -0.25) is 0 Å². The highest BCUT2D eigenvalue weighted by Crippen LogP contribution is 2.21. The van der Waals surface area contributed by atoms with Crippen molar-refractivity contribution < 1.29 is 0 Å². The first-order valence-corrected chi connectivity index (χ1v) is 4.33. The van der Waals surface area contributed by atoms with Gasteiger partial charge in [0, 0.05) is 12.0 Å². The van der Waals surface area contributed by atoms with E-state index in [0.717, 1.165) is 0 Å². The van der Waals surface area contributed by atoms with Crippen molar-refractivity contribution >= 4 is 0 Å². The molecule has 0 atom stereocenters. The summed E-state index contributed by atoms with van der Waals surface area (Å²) in [6.07, 6.45) is 0. The van der Waals surface area contributed by atoms with Crippen LogP contribution >= 0.6 is 0 Å². The Balaban J connectivity index is 2.96. The Morgan fingerprint density at radius 1 is 1.17 bits per heavy atom. The number of nitrogens with two attached hydrogens (primary N) is 1. The minimum Gasteiger partial charge on any atom is -0.330 e. The van der Waals surface area contributed by atoms with Crippen LogP contribution in [0, 0.1) is 6.92 Å². The van der Waals surface area contributed by atoms with Gasteiger partial charge in [-0.25, -0.2) is 0 Å². The topological polar surface area (TPSA) is 26.0 Å². The molecule has 0 saturated heterocycles. The molecular formula is C11H17N. The van der Waals surface area contributed by atoms with Crippen LogP contribution in [-0.2, 0) is 5.41 Å². The second-order valence-electron chi connectivity index (χ2n) is 3.95. The molecule has 0 aromatic heterocycles. The van der Waals surface area contributed by atoms with Crippen LogP contribution in [0.2, 0.25) is 0 Å². The largest absolute Gasteiger partial charge is 0.330 e. The average molecular weight is 163 g/mol. The van der Waals surface area contributed by atoms with Gasteiger partial charge in [0.1, 0.15) is 0 Å². The van der Waals surface area contributed by atoms with Crippen molar-refractivity contribution in [1.29, 1.82) is 0 Å². The second kappa shape index (κ2) is 3.28. The van der Waals surface area contributed by atoms with Gasteiger partial charge in [0.2, 0.25) is 0 Å². The quantitative estimate of drug-likeness (QED) is 0.711. The van der Waals surface area contributed by atoms with E-state index in [2.05, 4.69) is 45.0 Å². The van der Waals surface area contributed by atoms with Gasteiger partial charge in [-0.05, 0) is 12.5 Å². The minimum absolute atomic E-state index is 0.105. The zero-order valence-corrected chi connectivity index (χ0v) is 8.09. The van der Waals surface area contributed by atoms with Crippen LogP contribution in [0.3, 0.4) is 0 Å². The molecule has 0 bridgehead atoms. The zero-order chi connectivity index (χ0) is 9.19. The van der Waals surface area contributed by atoms with E-state index < -0.39 is 0 Å². The molecule has 1 rings (SSSR count). The zero-order valence-electron chi connectivity index (χ0n) is 8.09. The molecule has 0 heterocycles. The van der Waals surface area contributed by atoms with Crippen molar-refractivity contribution in [3.8, 4) is 0 Å². The maximum Gasteiger partial charge on any atom is 0.00190 e. The normalized spacial score (nSPS) is 11.7. The summed E-state index contributed by atoms with van der Waals surface area (Å²) < 4.78 is 0. The van der Waals surface area contributed by atoms with Crippen LogP contribution in [0.4, 0.5) is 0 Å². The number of rotatable bonds is 2. The van der Waals surface area contributed by atoms with E-state index in [4.69, 9.17) is 5.73 Å². The van der Waals surface area contributed by atoms with Crippen LogP contribution in [0.15, 0.2) is 24.3 Å². The molecule has 2 N–H and O–H groups in total. The van der Waals surface area contributed by atoms with Gasteiger partial charge in [-0.1, -0.05) is 43.7 Å². The number of hydrogen-bond donors (Lipinski definition) is 1. The molecule has 1 aromatic carbocycles. The Labute approximate surface area is 74.6 Å². The highest BCUT2D eigenvalue weighted by atomic mass is 14.6. The summed E-state index contributed by atoms with van der Waals surface area (Å²) in [6, 6.07) is 8.57. The summed E-state index contributed by atoms with van der Waals surface area (Å²) >= 11 is 0. The molecule has 0 saturated carbocycles.